The highest BCUT2D eigenvalue weighted by Crippen LogP contribution is 2.27. The van der Waals surface area contributed by atoms with Crippen LogP contribution >= 0.6 is 11.3 Å². The van der Waals surface area contributed by atoms with E-state index in [-0.39, 0.29) is 0 Å². The van der Waals surface area contributed by atoms with Gasteiger partial charge in [0.15, 0.2) is 0 Å². The third-order valence-electron chi connectivity index (χ3n) is 5.14. The third-order valence-corrected chi connectivity index (χ3v) is 6.26. The summed E-state index contributed by atoms with van der Waals surface area (Å²) in [6.07, 6.45) is 11.3. The molecule has 0 fully saturated rings. The number of ether oxygens (including phenoxy) is 1. The molecule has 4 aromatic rings. The minimum absolute atomic E-state index is 0.296. The largest absolute Gasteiger partial charge is 0.459 e. The summed E-state index contributed by atoms with van der Waals surface area (Å²) in [4.78, 5) is 17.4. The van der Waals surface area contributed by atoms with Crippen LogP contribution in [0.3, 0.4) is 0 Å². The first kappa shape index (κ1) is 23.7. The number of fused-ring (bicyclic) bond motifs is 1. The lowest BCUT2D eigenvalue weighted by Crippen LogP contribution is -2.15. The number of nitrogens with one attached hydrogen (secondary N) is 1. The van der Waals surface area contributed by atoms with Gasteiger partial charge >= 0.3 is 6.01 Å². The van der Waals surface area contributed by atoms with Gasteiger partial charge in [-0.2, -0.15) is 4.98 Å². The zero-order chi connectivity index (χ0) is 23.8. The van der Waals surface area contributed by atoms with Crippen molar-refractivity contribution in [3.05, 3.63) is 101 Å². The number of pyridine rings is 1. The van der Waals surface area contributed by atoms with Gasteiger partial charge in [0.2, 0.25) is 0 Å². The molecule has 0 amide bonds. The van der Waals surface area contributed by atoms with Crippen molar-refractivity contribution in [1.29, 1.82) is 0 Å². The molecule has 174 valence electrons. The Morgan fingerprint density at radius 1 is 1.12 bits per heavy atom. The molecule has 3 aromatic heterocycles. The van der Waals surface area contributed by atoms with E-state index in [4.69, 9.17) is 10.5 Å². The fourth-order valence-corrected chi connectivity index (χ4v) is 4.23. The number of hydrogen-bond acceptors (Lipinski definition) is 8. The lowest BCUT2D eigenvalue weighted by Gasteiger charge is -2.10. The van der Waals surface area contributed by atoms with E-state index in [1.54, 1.807) is 24.7 Å². The molecule has 0 aliphatic carbocycles. The van der Waals surface area contributed by atoms with Gasteiger partial charge in [-0.05, 0) is 37.1 Å². The maximum atomic E-state index is 6.42. The fourth-order valence-electron chi connectivity index (χ4n) is 3.28. The van der Waals surface area contributed by atoms with Crippen LogP contribution in [-0.2, 0) is 13.2 Å². The number of aromatic nitrogens is 4. The van der Waals surface area contributed by atoms with Crippen LogP contribution < -0.4 is 15.8 Å². The van der Waals surface area contributed by atoms with E-state index in [2.05, 4.69) is 68.6 Å². The molecule has 3 heterocycles. The van der Waals surface area contributed by atoms with Crippen molar-refractivity contribution in [1.82, 2.24) is 25.3 Å². The Labute approximate surface area is 203 Å². The first-order valence-corrected chi connectivity index (χ1v) is 11.9. The van der Waals surface area contributed by atoms with Crippen LogP contribution in [0.5, 0.6) is 6.01 Å². The number of nitrogens with two attached hydrogens (primary N) is 1. The Bertz CT molecular complexity index is 1250. The molecule has 1 aromatic carbocycles. The summed E-state index contributed by atoms with van der Waals surface area (Å²) in [7, 11) is 0. The Morgan fingerprint density at radius 2 is 1.94 bits per heavy atom. The number of hydrogen-bond donors (Lipinski definition) is 2. The monoisotopic (exact) mass is 472 g/mol. The van der Waals surface area contributed by atoms with Crippen LogP contribution in [0.25, 0.3) is 10.2 Å². The van der Waals surface area contributed by atoms with Gasteiger partial charge in [-0.3, -0.25) is 4.98 Å². The average Bonchev–Trinajstić information content (AvgIpc) is 3.31. The highest BCUT2D eigenvalue weighted by molar-refractivity contribution is 7.18. The number of rotatable bonds is 10. The second-order valence-corrected chi connectivity index (χ2v) is 8.95. The predicted molar refractivity (Wildman–Crippen MR) is 137 cm³/mol. The maximum Gasteiger partial charge on any atom is 0.316 e. The van der Waals surface area contributed by atoms with Crippen molar-refractivity contribution in [3.63, 3.8) is 0 Å². The molecule has 7 nitrogen and oxygen atoms in total. The third kappa shape index (κ3) is 6.32. The van der Waals surface area contributed by atoms with E-state index in [0.717, 1.165) is 33.9 Å². The first-order chi connectivity index (χ1) is 16.6. The van der Waals surface area contributed by atoms with Gasteiger partial charge in [0, 0.05) is 25.5 Å². The van der Waals surface area contributed by atoms with Crippen LogP contribution in [0.2, 0.25) is 0 Å². The van der Waals surface area contributed by atoms with Gasteiger partial charge in [-0.25, -0.2) is 9.97 Å². The molecule has 0 aliphatic heterocycles. The lowest BCUT2D eigenvalue weighted by molar-refractivity contribution is 0.279. The van der Waals surface area contributed by atoms with Gasteiger partial charge in [0.05, 0.1) is 22.1 Å². The van der Waals surface area contributed by atoms with E-state index in [1.807, 2.05) is 19.1 Å². The summed E-state index contributed by atoms with van der Waals surface area (Å²) >= 11 is 1.54. The zero-order valence-corrected chi connectivity index (χ0v) is 20.1. The van der Waals surface area contributed by atoms with Crippen molar-refractivity contribution in [2.45, 2.75) is 33.0 Å². The predicted octanol–water partition coefficient (Wildman–Crippen LogP) is 4.72. The average molecular weight is 473 g/mol. The van der Waals surface area contributed by atoms with Crippen LogP contribution in [0.15, 0.2) is 78.8 Å². The molecule has 1 unspecified atom stereocenters. The van der Waals surface area contributed by atoms with Crippen molar-refractivity contribution in [3.8, 4) is 6.01 Å². The van der Waals surface area contributed by atoms with E-state index in [0.29, 0.717) is 18.3 Å². The summed E-state index contributed by atoms with van der Waals surface area (Å²) in [5.74, 6) is 0. The summed E-state index contributed by atoms with van der Waals surface area (Å²) in [6, 6.07) is 11.9. The van der Waals surface area contributed by atoms with Crippen molar-refractivity contribution < 1.29 is 4.74 Å². The van der Waals surface area contributed by atoms with Gasteiger partial charge in [0.25, 0.3) is 0 Å². The number of benzene rings is 1. The van der Waals surface area contributed by atoms with Gasteiger partial charge in [0.1, 0.15) is 17.7 Å². The quantitative estimate of drug-likeness (QED) is 0.322. The number of nitrogens with zero attached hydrogens (tertiary/aromatic N) is 4. The zero-order valence-electron chi connectivity index (χ0n) is 19.3. The lowest BCUT2D eigenvalue weighted by atomic mass is 10.1. The number of allylic oxidation sites excluding steroid dienone is 3. The second-order valence-electron chi connectivity index (χ2n) is 7.88. The number of thiazole rings is 1. The van der Waals surface area contributed by atoms with E-state index in [9.17, 15) is 0 Å². The summed E-state index contributed by atoms with van der Waals surface area (Å²) in [5, 5.41) is 4.24. The Balaban J connectivity index is 1.32. The molecular weight excluding hydrogens is 444 g/mol. The summed E-state index contributed by atoms with van der Waals surface area (Å²) in [6.45, 7) is 6.19. The molecule has 0 saturated heterocycles. The van der Waals surface area contributed by atoms with E-state index in [1.165, 1.54) is 22.5 Å². The van der Waals surface area contributed by atoms with E-state index < -0.39 is 6.04 Å². The van der Waals surface area contributed by atoms with Gasteiger partial charge in [-0.15, -0.1) is 11.3 Å². The second kappa shape index (κ2) is 11.6. The molecule has 1 atom stereocenters. The molecule has 0 aliphatic rings. The van der Waals surface area contributed by atoms with E-state index >= 15 is 0 Å². The molecular formula is C26H28N6OS. The standard InChI is InChI=1S/C26H28N6OS/c1-3-4-5-18(2)14-29-15-19-6-8-20(9-7-19)17-33-26-30-13-10-21(32-26)24(27)25-31-22-16-28-12-11-23(22)34-25/h3-13,16,24,29H,14-15,17,27H2,1-2H3. The highest BCUT2D eigenvalue weighted by atomic mass is 32.1. The Hall–Kier alpha value is -3.46. The van der Waals surface area contributed by atoms with Gasteiger partial charge in [-0.1, -0.05) is 48.1 Å². The molecule has 0 saturated carbocycles. The minimum atomic E-state index is -0.453. The minimum Gasteiger partial charge on any atom is -0.459 e. The molecule has 4 rings (SSSR count). The maximum absolute atomic E-state index is 6.42. The molecule has 3 N–H and O–H groups in total. The van der Waals surface area contributed by atoms with Crippen LogP contribution in [0, 0.1) is 0 Å². The van der Waals surface area contributed by atoms with Crippen LogP contribution in [-0.4, -0.2) is 26.5 Å². The SMILES string of the molecule is CC=CC=C(C)CNCc1ccc(COc2nccc(C(N)c3nc4cnccc4s3)n2)cc1. The molecule has 0 spiro atoms. The fraction of sp³-hybridized carbons (Fsp3) is 0.231. The Kier molecular flexibility index (Phi) is 8.08. The highest BCUT2D eigenvalue weighted by Gasteiger charge is 2.16. The van der Waals surface area contributed by atoms with Crippen LogP contribution in [0.4, 0.5) is 0 Å². The smallest absolute Gasteiger partial charge is 0.316 e. The molecule has 8 heteroatoms. The van der Waals surface area contributed by atoms with Crippen molar-refractivity contribution >= 4 is 21.6 Å². The van der Waals surface area contributed by atoms with Crippen molar-refractivity contribution in [2.75, 3.05) is 6.54 Å². The molecule has 0 bridgehead atoms. The normalized spacial score (nSPS) is 13.0. The Morgan fingerprint density at radius 3 is 2.74 bits per heavy atom. The summed E-state index contributed by atoms with van der Waals surface area (Å²) in [5.41, 5.74) is 11.5. The summed E-state index contributed by atoms with van der Waals surface area (Å²) < 4.78 is 6.88. The molecule has 0 radical (unpaired) electrons. The first-order valence-electron chi connectivity index (χ1n) is 11.1. The molecule has 34 heavy (non-hydrogen) atoms. The van der Waals surface area contributed by atoms with Gasteiger partial charge < -0.3 is 15.8 Å². The van der Waals surface area contributed by atoms with Crippen molar-refractivity contribution in [2.24, 2.45) is 5.73 Å². The topological polar surface area (TPSA) is 98.8 Å². The van der Waals surface area contributed by atoms with Crippen LogP contribution in [0.1, 0.15) is 41.7 Å².